The molecule has 0 spiro atoms. The Morgan fingerprint density at radius 3 is 2.33 bits per heavy atom. The molecule has 5 nitrogen and oxygen atoms in total. The van der Waals surface area contributed by atoms with E-state index in [1.165, 1.54) is 0 Å². The van der Waals surface area contributed by atoms with Crippen molar-refractivity contribution in [2.24, 2.45) is 0 Å². The summed E-state index contributed by atoms with van der Waals surface area (Å²) in [6.45, 7) is 4.87. The highest BCUT2D eigenvalue weighted by Gasteiger charge is 2.26. The van der Waals surface area contributed by atoms with Crippen molar-refractivity contribution in [1.82, 2.24) is 4.90 Å². The van der Waals surface area contributed by atoms with Gasteiger partial charge in [0.15, 0.2) is 9.84 Å². The van der Waals surface area contributed by atoms with Gasteiger partial charge in [0, 0.05) is 19.5 Å². The Balaban J connectivity index is 1.95. The van der Waals surface area contributed by atoms with Crippen molar-refractivity contribution >= 4 is 15.7 Å². The molecule has 0 N–H and O–H groups in total. The monoisotopic (exact) mass is 311 g/mol. The normalized spacial score (nSPS) is 23.0. The number of morpholine rings is 1. The van der Waals surface area contributed by atoms with Crippen LogP contribution >= 0.6 is 0 Å². The van der Waals surface area contributed by atoms with Crippen molar-refractivity contribution in [1.29, 1.82) is 0 Å². The first-order chi connectivity index (χ1) is 9.88. The third kappa shape index (κ3) is 4.28. The van der Waals surface area contributed by atoms with E-state index in [-0.39, 0.29) is 35.2 Å². The fourth-order valence-electron chi connectivity index (χ4n) is 2.51. The number of hydrogen-bond donors (Lipinski definition) is 0. The van der Waals surface area contributed by atoms with Crippen LogP contribution in [0.15, 0.2) is 35.2 Å². The summed E-state index contributed by atoms with van der Waals surface area (Å²) < 4.78 is 29.9. The van der Waals surface area contributed by atoms with Gasteiger partial charge in [0.25, 0.3) is 0 Å². The van der Waals surface area contributed by atoms with Crippen LogP contribution < -0.4 is 0 Å². The number of rotatable bonds is 4. The fraction of sp³-hybridized carbons (Fsp3) is 0.533. The number of hydrogen-bond acceptors (Lipinski definition) is 4. The van der Waals surface area contributed by atoms with E-state index >= 15 is 0 Å². The lowest BCUT2D eigenvalue weighted by molar-refractivity contribution is -0.142. The Bertz CT molecular complexity index is 575. The average molecular weight is 311 g/mol. The summed E-state index contributed by atoms with van der Waals surface area (Å²) in [5.41, 5.74) is 0. The molecule has 6 heteroatoms. The molecule has 0 saturated carbocycles. The molecule has 2 atom stereocenters. The van der Waals surface area contributed by atoms with Crippen LogP contribution in [0.4, 0.5) is 0 Å². The average Bonchev–Trinajstić information content (AvgIpc) is 2.45. The molecular formula is C15H21NO4S. The van der Waals surface area contributed by atoms with Crippen molar-refractivity contribution in [3.63, 3.8) is 0 Å². The van der Waals surface area contributed by atoms with Crippen LogP contribution in [0.1, 0.15) is 20.3 Å². The van der Waals surface area contributed by atoms with Gasteiger partial charge in [0.05, 0.1) is 22.9 Å². The first-order valence-corrected chi connectivity index (χ1v) is 8.75. The number of benzene rings is 1. The highest BCUT2D eigenvalue weighted by molar-refractivity contribution is 7.91. The van der Waals surface area contributed by atoms with Gasteiger partial charge in [-0.25, -0.2) is 8.42 Å². The molecule has 1 fully saturated rings. The van der Waals surface area contributed by atoms with Crippen LogP contribution in [-0.4, -0.2) is 50.3 Å². The quantitative estimate of drug-likeness (QED) is 0.845. The lowest BCUT2D eigenvalue weighted by Gasteiger charge is -2.35. The fourth-order valence-corrected chi connectivity index (χ4v) is 3.76. The van der Waals surface area contributed by atoms with Crippen molar-refractivity contribution in [3.05, 3.63) is 30.3 Å². The minimum absolute atomic E-state index is 0.0106. The van der Waals surface area contributed by atoms with Crippen LogP contribution in [0.25, 0.3) is 0 Å². The van der Waals surface area contributed by atoms with Gasteiger partial charge in [-0.05, 0) is 26.0 Å². The van der Waals surface area contributed by atoms with Crippen molar-refractivity contribution in [2.45, 2.75) is 37.4 Å². The third-order valence-electron chi connectivity index (χ3n) is 3.46. The van der Waals surface area contributed by atoms with Crippen LogP contribution in [0, 0.1) is 0 Å². The minimum atomic E-state index is -3.40. The maximum absolute atomic E-state index is 12.2. The summed E-state index contributed by atoms with van der Waals surface area (Å²) in [5, 5.41) is 0. The molecule has 1 aliphatic heterocycles. The zero-order chi connectivity index (χ0) is 15.5. The number of sulfone groups is 1. The molecule has 116 valence electrons. The number of carbonyl (C=O) groups excluding carboxylic acids is 1. The number of amides is 1. The van der Waals surface area contributed by atoms with Gasteiger partial charge in [-0.15, -0.1) is 0 Å². The Morgan fingerprint density at radius 1 is 1.19 bits per heavy atom. The summed E-state index contributed by atoms with van der Waals surface area (Å²) in [5.74, 6) is -0.285. The van der Waals surface area contributed by atoms with Gasteiger partial charge in [-0.2, -0.15) is 0 Å². The summed E-state index contributed by atoms with van der Waals surface area (Å²) in [7, 11) is -3.40. The first-order valence-electron chi connectivity index (χ1n) is 7.09. The maximum Gasteiger partial charge on any atom is 0.223 e. The molecule has 0 radical (unpaired) electrons. The molecule has 0 unspecified atom stereocenters. The van der Waals surface area contributed by atoms with Crippen molar-refractivity contribution in [3.8, 4) is 0 Å². The topological polar surface area (TPSA) is 63.7 Å². The molecular weight excluding hydrogens is 290 g/mol. The summed E-state index contributed by atoms with van der Waals surface area (Å²) in [6.07, 6.45) is -0.0108. The third-order valence-corrected chi connectivity index (χ3v) is 5.19. The van der Waals surface area contributed by atoms with Gasteiger partial charge in [-0.3, -0.25) is 4.79 Å². The van der Waals surface area contributed by atoms with Gasteiger partial charge >= 0.3 is 0 Å². The first kappa shape index (κ1) is 16.0. The Morgan fingerprint density at radius 2 is 1.76 bits per heavy atom. The van der Waals surface area contributed by atoms with Crippen LogP contribution in [0.5, 0.6) is 0 Å². The summed E-state index contributed by atoms with van der Waals surface area (Å²) >= 11 is 0. The molecule has 1 aliphatic rings. The molecule has 1 saturated heterocycles. The number of nitrogens with zero attached hydrogens (tertiary/aromatic N) is 1. The lowest BCUT2D eigenvalue weighted by Crippen LogP contribution is -2.48. The van der Waals surface area contributed by atoms with E-state index in [1.54, 1.807) is 35.2 Å². The molecule has 2 rings (SSSR count). The summed E-state index contributed by atoms with van der Waals surface area (Å²) in [6, 6.07) is 8.23. The van der Waals surface area contributed by atoms with E-state index in [9.17, 15) is 13.2 Å². The predicted octanol–water partition coefficient (Wildman–Crippen LogP) is 1.49. The van der Waals surface area contributed by atoms with Crippen LogP contribution in [0.3, 0.4) is 0 Å². The van der Waals surface area contributed by atoms with Gasteiger partial charge < -0.3 is 9.64 Å². The molecule has 1 amide bonds. The molecule has 0 aromatic heterocycles. The highest BCUT2D eigenvalue weighted by atomic mass is 32.2. The molecule has 0 bridgehead atoms. The second kappa shape index (κ2) is 6.58. The minimum Gasteiger partial charge on any atom is -0.372 e. The molecule has 1 aromatic rings. The Hall–Kier alpha value is -1.40. The number of carbonyl (C=O) groups is 1. The van der Waals surface area contributed by atoms with Gasteiger partial charge in [0.2, 0.25) is 5.91 Å². The van der Waals surface area contributed by atoms with Gasteiger partial charge in [0.1, 0.15) is 0 Å². The zero-order valence-corrected chi connectivity index (χ0v) is 13.2. The van der Waals surface area contributed by atoms with Crippen molar-refractivity contribution in [2.75, 3.05) is 18.8 Å². The second-order valence-corrected chi connectivity index (χ2v) is 7.55. The highest BCUT2D eigenvalue weighted by Crippen LogP contribution is 2.14. The van der Waals surface area contributed by atoms with Gasteiger partial charge in [-0.1, -0.05) is 18.2 Å². The SMILES string of the molecule is C[C@@H]1CN(C(=O)CCS(=O)(=O)c2ccccc2)C[C@H](C)O1. The predicted molar refractivity (Wildman–Crippen MR) is 79.7 cm³/mol. The van der Waals surface area contributed by atoms with E-state index in [2.05, 4.69) is 0 Å². The largest absolute Gasteiger partial charge is 0.372 e. The van der Waals surface area contributed by atoms with E-state index in [0.717, 1.165) is 0 Å². The zero-order valence-electron chi connectivity index (χ0n) is 12.4. The Kier molecular flexibility index (Phi) is 5.00. The standard InChI is InChI=1S/C15H21NO4S/c1-12-10-16(11-13(2)20-12)15(17)8-9-21(18,19)14-6-4-3-5-7-14/h3-7,12-13H,8-11H2,1-2H3/t12-,13+. The van der Waals surface area contributed by atoms with E-state index < -0.39 is 9.84 Å². The second-order valence-electron chi connectivity index (χ2n) is 5.44. The Labute approximate surface area is 125 Å². The summed E-state index contributed by atoms with van der Waals surface area (Å²) in [4.78, 5) is 14.1. The number of ether oxygens (including phenoxy) is 1. The lowest BCUT2D eigenvalue weighted by atomic mass is 10.2. The maximum atomic E-state index is 12.2. The van der Waals surface area contributed by atoms with Crippen LogP contribution in [-0.2, 0) is 19.4 Å². The molecule has 1 aromatic carbocycles. The molecule has 0 aliphatic carbocycles. The van der Waals surface area contributed by atoms with Crippen LogP contribution in [0.2, 0.25) is 0 Å². The van der Waals surface area contributed by atoms with E-state index in [4.69, 9.17) is 4.74 Å². The van der Waals surface area contributed by atoms with E-state index in [1.807, 2.05) is 13.8 Å². The van der Waals surface area contributed by atoms with E-state index in [0.29, 0.717) is 13.1 Å². The smallest absolute Gasteiger partial charge is 0.223 e. The van der Waals surface area contributed by atoms with Crippen molar-refractivity contribution < 1.29 is 17.9 Å². The molecule has 21 heavy (non-hydrogen) atoms. The molecule has 1 heterocycles.